The summed E-state index contributed by atoms with van der Waals surface area (Å²) < 4.78 is 57.9. The molecule has 12 nitrogen and oxygen atoms in total. The Labute approximate surface area is 333 Å². The zero-order chi connectivity index (χ0) is 40.7. The van der Waals surface area contributed by atoms with Crippen LogP contribution in [0.1, 0.15) is 36.5 Å². The molecule has 0 saturated heterocycles. The topological polar surface area (TPSA) is 142 Å². The number of nitrogens with one attached hydrogen (secondary N) is 3. The molecule has 3 heterocycles. The van der Waals surface area contributed by atoms with E-state index in [1.54, 1.807) is 65.4 Å². The molecule has 0 atom stereocenters. The number of hydrogen-bond donors (Lipinski definition) is 3. The SMILES string of the molecule is CCCCN1C(=O)C(Nc2ccc3c(c2)CCN(C(=O)NC)C3)=C(c2ccccc2)S1(=O)=O.Cn1sc(-c2ccccc2)c(Nc2ccc(OC(F)F)cc2)c1=O. The molecule has 5 aromatic rings. The first kappa shape index (κ1) is 40.7. The van der Waals surface area contributed by atoms with Gasteiger partial charge in [0, 0.05) is 45.1 Å². The molecule has 3 N–H and O–H groups in total. The summed E-state index contributed by atoms with van der Waals surface area (Å²) in [5.74, 6) is -0.470. The number of aryl methyl sites for hydroxylation is 1. The van der Waals surface area contributed by atoms with E-state index in [4.69, 9.17) is 0 Å². The number of sulfonamides is 1. The number of carbonyl (C=O) groups is 2. The van der Waals surface area contributed by atoms with Gasteiger partial charge in [0.05, 0.1) is 4.88 Å². The Kier molecular flexibility index (Phi) is 12.7. The number of anilines is 3. The summed E-state index contributed by atoms with van der Waals surface area (Å²) in [6.45, 7) is 0.338. The highest BCUT2D eigenvalue weighted by atomic mass is 32.2. The number of ether oxygens (including phenoxy) is 1. The van der Waals surface area contributed by atoms with Crippen LogP contribution in [0.15, 0.2) is 114 Å². The Bertz CT molecular complexity index is 2420. The van der Waals surface area contributed by atoms with Gasteiger partial charge in [0.15, 0.2) is 0 Å². The number of halogens is 2. The van der Waals surface area contributed by atoms with Gasteiger partial charge in [0.2, 0.25) is 0 Å². The molecule has 298 valence electrons. The van der Waals surface area contributed by atoms with E-state index in [-0.39, 0.29) is 34.5 Å². The van der Waals surface area contributed by atoms with E-state index >= 15 is 0 Å². The fourth-order valence-corrected chi connectivity index (χ4v) is 9.08. The van der Waals surface area contributed by atoms with Crippen molar-refractivity contribution < 1.29 is 31.5 Å². The van der Waals surface area contributed by atoms with Crippen LogP contribution in [-0.4, -0.2) is 60.3 Å². The Morgan fingerprint density at radius 1 is 0.877 bits per heavy atom. The van der Waals surface area contributed by atoms with Gasteiger partial charge >= 0.3 is 12.6 Å². The third kappa shape index (κ3) is 9.18. The van der Waals surface area contributed by atoms with Crippen molar-refractivity contribution in [3.63, 3.8) is 0 Å². The molecular weight excluding hydrogens is 775 g/mol. The third-order valence-electron chi connectivity index (χ3n) is 9.30. The zero-order valence-corrected chi connectivity index (χ0v) is 33.1. The van der Waals surface area contributed by atoms with Crippen LogP contribution < -0.4 is 26.2 Å². The predicted molar refractivity (Wildman–Crippen MR) is 219 cm³/mol. The summed E-state index contributed by atoms with van der Waals surface area (Å²) in [5, 5.41) is 8.83. The van der Waals surface area contributed by atoms with E-state index in [1.165, 1.54) is 23.7 Å². The summed E-state index contributed by atoms with van der Waals surface area (Å²) in [6.07, 6.45) is 2.05. The molecule has 0 aliphatic carbocycles. The standard InChI is InChI=1S/C24H28N4O4S.C17H14F2N2O2S/c1-3-4-13-28-23(29)21(22(33(28,31)32)17-8-6-5-7-9-17)26-20-11-10-19-16-27(24(30)25-2)14-12-18(19)15-20;1-21-16(22)14(15(24-21)11-5-3-2-4-6-11)20-12-7-9-13(10-8-12)23-17(18)19/h5-11,15,26H,3-4,12-14,16H2,1-2H3,(H,25,30);2-10,17,20H,1H3. The fourth-order valence-electron chi connectivity index (χ4n) is 6.43. The summed E-state index contributed by atoms with van der Waals surface area (Å²) in [7, 11) is -0.650. The monoisotopic (exact) mass is 816 g/mol. The van der Waals surface area contributed by atoms with Gasteiger partial charge in [-0.3, -0.25) is 13.5 Å². The summed E-state index contributed by atoms with van der Waals surface area (Å²) >= 11 is 1.34. The largest absolute Gasteiger partial charge is 0.435 e. The molecule has 16 heteroatoms. The van der Waals surface area contributed by atoms with Gasteiger partial charge in [-0.1, -0.05) is 91.6 Å². The van der Waals surface area contributed by atoms with E-state index in [0.29, 0.717) is 48.6 Å². The zero-order valence-electron chi connectivity index (χ0n) is 31.5. The first-order valence-corrected chi connectivity index (χ1v) is 20.4. The Morgan fingerprint density at radius 2 is 1.53 bits per heavy atom. The Morgan fingerprint density at radius 3 is 2.16 bits per heavy atom. The minimum Gasteiger partial charge on any atom is -0.435 e. The lowest BCUT2D eigenvalue weighted by molar-refractivity contribution is -0.122. The summed E-state index contributed by atoms with van der Waals surface area (Å²) in [5.41, 5.74) is 5.14. The number of carbonyl (C=O) groups excluding carboxylic acids is 2. The van der Waals surface area contributed by atoms with Crippen molar-refractivity contribution in [3.05, 3.63) is 136 Å². The number of aromatic nitrogens is 1. The maximum Gasteiger partial charge on any atom is 0.387 e. The molecule has 0 spiro atoms. The van der Waals surface area contributed by atoms with Crippen molar-refractivity contribution in [1.29, 1.82) is 0 Å². The molecule has 0 saturated carbocycles. The van der Waals surface area contributed by atoms with Crippen molar-refractivity contribution >= 4 is 55.5 Å². The second kappa shape index (κ2) is 17.9. The summed E-state index contributed by atoms with van der Waals surface area (Å²) in [6, 6.07) is 29.9. The highest BCUT2D eigenvalue weighted by molar-refractivity contribution is 7.99. The molecule has 3 amide bonds. The van der Waals surface area contributed by atoms with Crippen LogP contribution in [0.2, 0.25) is 0 Å². The van der Waals surface area contributed by atoms with Gasteiger partial charge in [0.25, 0.3) is 21.5 Å². The van der Waals surface area contributed by atoms with E-state index in [9.17, 15) is 31.6 Å². The number of fused-ring (bicyclic) bond motifs is 1. The van der Waals surface area contributed by atoms with Crippen LogP contribution in [0.3, 0.4) is 0 Å². The lowest BCUT2D eigenvalue weighted by Gasteiger charge is -2.28. The maximum absolute atomic E-state index is 13.3. The number of alkyl halides is 2. The molecule has 1 aromatic heterocycles. The highest BCUT2D eigenvalue weighted by Gasteiger charge is 2.44. The Balaban J connectivity index is 0.000000203. The minimum atomic E-state index is -3.96. The molecule has 0 bridgehead atoms. The van der Waals surface area contributed by atoms with Crippen LogP contribution in [-0.2, 0) is 34.8 Å². The van der Waals surface area contributed by atoms with Gasteiger partial charge in [0.1, 0.15) is 22.0 Å². The van der Waals surface area contributed by atoms with Crippen molar-refractivity contribution in [2.75, 3.05) is 30.8 Å². The van der Waals surface area contributed by atoms with Crippen molar-refractivity contribution in [2.45, 2.75) is 39.3 Å². The lowest BCUT2D eigenvalue weighted by atomic mass is 9.99. The molecule has 4 aromatic carbocycles. The average Bonchev–Trinajstić information content (AvgIpc) is 3.59. The first-order valence-electron chi connectivity index (χ1n) is 18.2. The number of hydrogen-bond acceptors (Lipinski definition) is 9. The predicted octanol–water partition coefficient (Wildman–Crippen LogP) is 7.60. The van der Waals surface area contributed by atoms with E-state index in [2.05, 4.69) is 20.7 Å². The van der Waals surface area contributed by atoms with Crippen LogP contribution in [0.5, 0.6) is 5.75 Å². The number of unbranched alkanes of at least 4 members (excludes halogenated alkanes) is 1. The van der Waals surface area contributed by atoms with Crippen molar-refractivity contribution in [2.24, 2.45) is 7.05 Å². The van der Waals surface area contributed by atoms with Gasteiger partial charge in [-0.15, -0.1) is 0 Å². The van der Waals surface area contributed by atoms with Crippen LogP contribution in [0.4, 0.5) is 30.6 Å². The van der Waals surface area contributed by atoms with Crippen molar-refractivity contribution in [3.8, 4) is 16.2 Å². The van der Waals surface area contributed by atoms with Crippen LogP contribution >= 0.6 is 11.5 Å². The lowest BCUT2D eigenvalue weighted by Crippen LogP contribution is -2.41. The van der Waals surface area contributed by atoms with Gasteiger partial charge < -0.3 is 25.6 Å². The highest BCUT2D eigenvalue weighted by Crippen LogP contribution is 2.37. The second-order valence-electron chi connectivity index (χ2n) is 13.1. The minimum absolute atomic E-state index is 0.00714. The average molecular weight is 817 g/mol. The number of benzene rings is 4. The van der Waals surface area contributed by atoms with Crippen molar-refractivity contribution in [1.82, 2.24) is 18.5 Å². The number of rotatable bonds is 11. The second-order valence-corrected chi connectivity index (χ2v) is 16.1. The number of urea groups is 1. The number of nitrogens with zero attached hydrogens (tertiary/aromatic N) is 3. The molecule has 2 aliphatic heterocycles. The summed E-state index contributed by atoms with van der Waals surface area (Å²) in [4.78, 5) is 40.1. The smallest absolute Gasteiger partial charge is 0.387 e. The number of amides is 3. The molecule has 0 fully saturated rings. The fraction of sp³-hybridized carbons (Fsp3) is 0.244. The van der Waals surface area contributed by atoms with Gasteiger partial charge in [-0.25, -0.2) is 17.5 Å². The molecule has 7 rings (SSSR count). The first-order chi connectivity index (χ1) is 27.4. The molecule has 0 unspecified atom stereocenters. The Hall–Kier alpha value is -6.00. The van der Waals surface area contributed by atoms with Gasteiger partial charge in [-0.2, -0.15) is 8.78 Å². The maximum atomic E-state index is 13.3. The van der Waals surface area contributed by atoms with E-state index < -0.39 is 22.5 Å². The molecular formula is C41H42F2N6O6S2. The normalized spacial score (nSPS) is 14.5. The molecule has 57 heavy (non-hydrogen) atoms. The molecule has 0 radical (unpaired) electrons. The third-order valence-corrected chi connectivity index (χ3v) is 12.2. The molecule has 2 aliphatic rings. The van der Waals surface area contributed by atoms with Gasteiger partial charge in [-0.05, 0) is 71.5 Å². The van der Waals surface area contributed by atoms with Crippen LogP contribution in [0.25, 0.3) is 15.3 Å². The quantitative estimate of drug-likeness (QED) is 0.124. The van der Waals surface area contributed by atoms with E-state index in [1.807, 2.05) is 55.5 Å². The van der Waals surface area contributed by atoms with Crippen LogP contribution in [0, 0.1) is 0 Å². The van der Waals surface area contributed by atoms with E-state index in [0.717, 1.165) is 32.3 Å².